The molecule has 8 heteroatoms. The number of esters is 1. The number of carbonyl (C=O) groups excluding carboxylic acids is 1. The maximum Gasteiger partial charge on any atom is 0.324 e. The Morgan fingerprint density at radius 2 is 2.21 bits per heavy atom. The molecule has 2 atom stereocenters. The van der Waals surface area contributed by atoms with Gasteiger partial charge in [0, 0.05) is 19.1 Å². The first-order valence-electron chi connectivity index (χ1n) is 6.61. The normalized spacial score (nSPS) is 22.4. The van der Waals surface area contributed by atoms with Crippen molar-refractivity contribution in [1.82, 2.24) is 9.03 Å². The zero-order valence-corrected chi connectivity index (χ0v) is 12.3. The molecule has 7 nitrogen and oxygen atoms in total. The van der Waals surface area contributed by atoms with Crippen molar-refractivity contribution in [1.29, 1.82) is 0 Å². The summed E-state index contributed by atoms with van der Waals surface area (Å²) in [5.74, 6) is -0.481. The average molecular weight is 293 g/mol. The molecule has 3 N–H and O–H groups in total. The van der Waals surface area contributed by atoms with E-state index in [2.05, 4.69) is 4.72 Å². The molecule has 0 bridgehead atoms. The Labute approximate surface area is 114 Å². The molecule has 2 unspecified atom stereocenters. The van der Waals surface area contributed by atoms with E-state index in [1.54, 1.807) is 6.92 Å². The van der Waals surface area contributed by atoms with Crippen LogP contribution in [0.5, 0.6) is 0 Å². The van der Waals surface area contributed by atoms with Crippen LogP contribution < -0.4 is 10.5 Å². The van der Waals surface area contributed by atoms with Gasteiger partial charge < -0.3 is 10.5 Å². The van der Waals surface area contributed by atoms with Crippen LogP contribution in [-0.4, -0.2) is 50.5 Å². The highest BCUT2D eigenvalue weighted by molar-refractivity contribution is 7.87. The van der Waals surface area contributed by atoms with Crippen LogP contribution in [0.4, 0.5) is 0 Å². The Morgan fingerprint density at radius 1 is 1.53 bits per heavy atom. The third kappa shape index (κ3) is 4.41. The minimum Gasteiger partial charge on any atom is -0.465 e. The fourth-order valence-electron chi connectivity index (χ4n) is 1.94. The number of nitrogens with one attached hydrogen (secondary N) is 1. The number of hydrogen-bond acceptors (Lipinski definition) is 5. The second-order valence-electron chi connectivity index (χ2n) is 4.54. The van der Waals surface area contributed by atoms with Crippen LogP contribution in [0.15, 0.2) is 0 Å². The molecule has 19 heavy (non-hydrogen) atoms. The summed E-state index contributed by atoms with van der Waals surface area (Å²) in [7, 11) is -3.68. The van der Waals surface area contributed by atoms with Crippen LogP contribution in [-0.2, 0) is 19.7 Å². The molecule has 0 radical (unpaired) electrons. The highest BCUT2D eigenvalue weighted by Crippen LogP contribution is 2.21. The Morgan fingerprint density at radius 3 is 2.79 bits per heavy atom. The molecule has 1 heterocycles. The molecule has 1 aliphatic rings. The van der Waals surface area contributed by atoms with Crippen molar-refractivity contribution in [3.05, 3.63) is 0 Å². The van der Waals surface area contributed by atoms with E-state index in [9.17, 15) is 13.2 Å². The van der Waals surface area contributed by atoms with Gasteiger partial charge in [-0.25, -0.2) is 4.72 Å². The van der Waals surface area contributed by atoms with E-state index in [1.165, 1.54) is 4.31 Å². The second-order valence-corrected chi connectivity index (χ2v) is 6.25. The predicted molar refractivity (Wildman–Crippen MR) is 71.5 cm³/mol. The maximum atomic E-state index is 12.1. The van der Waals surface area contributed by atoms with Crippen molar-refractivity contribution in [2.24, 2.45) is 5.73 Å². The summed E-state index contributed by atoms with van der Waals surface area (Å²) in [4.78, 5) is 11.7. The lowest BCUT2D eigenvalue weighted by Crippen LogP contribution is -2.49. The van der Waals surface area contributed by atoms with Crippen molar-refractivity contribution in [3.63, 3.8) is 0 Å². The first-order chi connectivity index (χ1) is 8.92. The van der Waals surface area contributed by atoms with Gasteiger partial charge in [0.15, 0.2) is 0 Å². The fourth-order valence-corrected chi connectivity index (χ4v) is 3.43. The number of nitrogens with two attached hydrogens (primary N) is 1. The zero-order valence-electron chi connectivity index (χ0n) is 11.5. The van der Waals surface area contributed by atoms with Crippen LogP contribution in [0.3, 0.4) is 0 Å². The molecule has 0 spiro atoms. The topological polar surface area (TPSA) is 102 Å². The third-order valence-electron chi connectivity index (χ3n) is 3.12. The summed E-state index contributed by atoms with van der Waals surface area (Å²) in [5, 5.41) is 0. The SMILES string of the molecule is CCOC(=O)C1CCCN1S(=O)(=O)NCC(N)CC. The Kier molecular flexibility index (Phi) is 6.18. The minimum atomic E-state index is -3.68. The van der Waals surface area contributed by atoms with Crippen molar-refractivity contribution in [2.45, 2.75) is 45.2 Å². The van der Waals surface area contributed by atoms with Crippen molar-refractivity contribution in [2.75, 3.05) is 19.7 Å². The predicted octanol–water partition coefficient (Wildman–Crippen LogP) is -0.414. The van der Waals surface area contributed by atoms with E-state index in [0.717, 1.165) is 0 Å². The van der Waals surface area contributed by atoms with Crippen LogP contribution >= 0.6 is 0 Å². The Hall–Kier alpha value is -0.700. The number of rotatable bonds is 7. The summed E-state index contributed by atoms with van der Waals surface area (Å²) in [5.41, 5.74) is 5.68. The van der Waals surface area contributed by atoms with E-state index < -0.39 is 22.2 Å². The summed E-state index contributed by atoms with van der Waals surface area (Å²) in [6.45, 7) is 4.34. The number of hydrogen-bond donors (Lipinski definition) is 2. The van der Waals surface area contributed by atoms with E-state index >= 15 is 0 Å². The van der Waals surface area contributed by atoms with Crippen molar-refractivity contribution >= 4 is 16.2 Å². The zero-order chi connectivity index (χ0) is 14.5. The molecule has 0 aliphatic carbocycles. The molecule has 0 aromatic carbocycles. The van der Waals surface area contributed by atoms with E-state index in [4.69, 9.17) is 10.5 Å². The molecule has 0 aromatic heterocycles. The molecule has 1 aliphatic heterocycles. The third-order valence-corrected chi connectivity index (χ3v) is 4.71. The molecule has 0 saturated carbocycles. The summed E-state index contributed by atoms with van der Waals surface area (Å²) in [6.07, 6.45) is 1.84. The van der Waals surface area contributed by atoms with Gasteiger partial charge in [-0.3, -0.25) is 4.79 Å². The van der Waals surface area contributed by atoms with Crippen LogP contribution in [0, 0.1) is 0 Å². The van der Waals surface area contributed by atoms with Crippen LogP contribution in [0.1, 0.15) is 33.1 Å². The fraction of sp³-hybridized carbons (Fsp3) is 0.909. The number of carbonyl (C=O) groups is 1. The van der Waals surface area contributed by atoms with Gasteiger partial charge in [-0.05, 0) is 26.2 Å². The van der Waals surface area contributed by atoms with Gasteiger partial charge in [-0.2, -0.15) is 12.7 Å². The molecule has 0 amide bonds. The van der Waals surface area contributed by atoms with Crippen molar-refractivity contribution in [3.8, 4) is 0 Å². The van der Waals surface area contributed by atoms with Crippen LogP contribution in [0.25, 0.3) is 0 Å². The Balaban J connectivity index is 2.68. The van der Waals surface area contributed by atoms with Gasteiger partial charge in [0.1, 0.15) is 6.04 Å². The van der Waals surface area contributed by atoms with E-state index in [1.807, 2.05) is 6.92 Å². The van der Waals surface area contributed by atoms with Gasteiger partial charge >= 0.3 is 5.97 Å². The second kappa shape index (κ2) is 7.18. The first-order valence-corrected chi connectivity index (χ1v) is 8.05. The highest BCUT2D eigenvalue weighted by Gasteiger charge is 2.39. The lowest BCUT2D eigenvalue weighted by molar-refractivity contribution is -0.146. The van der Waals surface area contributed by atoms with Gasteiger partial charge in [0.25, 0.3) is 10.2 Å². The molecular weight excluding hydrogens is 270 g/mol. The van der Waals surface area contributed by atoms with Gasteiger partial charge in [0.2, 0.25) is 0 Å². The van der Waals surface area contributed by atoms with E-state index in [-0.39, 0.29) is 19.2 Å². The minimum absolute atomic E-state index is 0.172. The summed E-state index contributed by atoms with van der Waals surface area (Å²) in [6, 6.07) is -0.936. The molecule has 0 aromatic rings. The van der Waals surface area contributed by atoms with Gasteiger partial charge in [-0.1, -0.05) is 6.92 Å². The number of nitrogens with zero attached hydrogens (tertiary/aromatic N) is 1. The molecule has 1 rings (SSSR count). The van der Waals surface area contributed by atoms with E-state index in [0.29, 0.717) is 25.8 Å². The summed E-state index contributed by atoms with van der Waals surface area (Å²) < 4.78 is 32.8. The Bertz CT molecular complexity index is 399. The summed E-state index contributed by atoms with van der Waals surface area (Å²) >= 11 is 0. The monoisotopic (exact) mass is 293 g/mol. The average Bonchev–Trinajstić information content (AvgIpc) is 2.86. The molecular formula is C11H23N3O4S. The van der Waals surface area contributed by atoms with Crippen LogP contribution in [0.2, 0.25) is 0 Å². The molecule has 112 valence electrons. The maximum absolute atomic E-state index is 12.1. The lowest BCUT2D eigenvalue weighted by atomic mass is 10.2. The molecule has 1 saturated heterocycles. The van der Waals surface area contributed by atoms with Gasteiger partial charge in [0.05, 0.1) is 6.61 Å². The standard InChI is InChI=1S/C11H23N3O4S/c1-3-9(12)8-13-19(16,17)14-7-5-6-10(14)11(15)18-4-2/h9-10,13H,3-8,12H2,1-2H3. The smallest absolute Gasteiger partial charge is 0.324 e. The largest absolute Gasteiger partial charge is 0.465 e. The lowest BCUT2D eigenvalue weighted by Gasteiger charge is -2.23. The quantitative estimate of drug-likeness (QED) is 0.621. The number of ether oxygens (including phenoxy) is 1. The van der Waals surface area contributed by atoms with Crippen molar-refractivity contribution < 1.29 is 17.9 Å². The van der Waals surface area contributed by atoms with Gasteiger partial charge in [-0.15, -0.1) is 0 Å². The molecule has 1 fully saturated rings. The first kappa shape index (κ1) is 16.4. The highest BCUT2D eigenvalue weighted by atomic mass is 32.2.